The molecule has 4 aromatic rings. The molecule has 2 aromatic heterocycles. The van der Waals surface area contributed by atoms with E-state index in [9.17, 15) is 14.4 Å². The summed E-state index contributed by atoms with van der Waals surface area (Å²) in [5.41, 5.74) is 3.68. The van der Waals surface area contributed by atoms with Crippen molar-refractivity contribution in [3.8, 4) is 11.5 Å². The van der Waals surface area contributed by atoms with E-state index in [1.165, 1.54) is 19.0 Å². The highest BCUT2D eigenvalue weighted by Gasteiger charge is 2.36. The standard InChI is InChI=1S/C35H35ClN4O6/c1-3-44-34(42)14-16-38-33(41)10-6-9-29-22(2)24-19-32(26(36)20-31(24)45-29)46-30-13-15-37-21-25(30)35(43)40-18-17-39(23-11-12-23)27-7-4-5-8-28(27)40/h4-9,13,15,19-21,23H,3,10-12,14,16-18H2,1-2H3,(H,38,41). The fourth-order valence-electron chi connectivity index (χ4n) is 5.62. The van der Waals surface area contributed by atoms with Crippen LogP contribution in [0.3, 0.4) is 0 Å². The van der Waals surface area contributed by atoms with E-state index in [4.69, 9.17) is 25.5 Å². The molecular weight excluding hydrogens is 608 g/mol. The Morgan fingerprint density at radius 3 is 2.70 bits per heavy atom. The molecule has 3 heterocycles. The Balaban J connectivity index is 1.17. The number of halogens is 1. The molecule has 2 aromatic carbocycles. The summed E-state index contributed by atoms with van der Waals surface area (Å²) in [6.45, 7) is 5.49. The second kappa shape index (κ2) is 13.7. The fourth-order valence-corrected chi connectivity index (χ4v) is 5.81. The molecule has 0 spiro atoms. The highest BCUT2D eigenvalue weighted by Crippen LogP contribution is 2.42. The minimum absolute atomic E-state index is 0.118. The highest BCUT2D eigenvalue weighted by atomic mass is 35.5. The number of rotatable bonds is 11. The number of nitrogens with zero attached hydrogens (tertiary/aromatic N) is 3. The van der Waals surface area contributed by atoms with Crippen LogP contribution in [0.2, 0.25) is 5.02 Å². The minimum atomic E-state index is -0.349. The van der Waals surface area contributed by atoms with Gasteiger partial charge in [0.2, 0.25) is 5.91 Å². The summed E-state index contributed by atoms with van der Waals surface area (Å²) in [7, 11) is 0. The molecule has 46 heavy (non-hydrogen) atoms. The Morgan fingerprint density at radius 1 is 1.11 bits per heavy atom. The summed E-state index contributed by atoms with van der Waals surface area (Å²) in [5.74, 6) is 0.528. The van der Waals surface area contributed by atoms with Crippen LogP contribution < -0.4 is 19.9 Å². The summed E-state index contributed by atoms with van der Waals surface area (Å²) in [6.07, 6.45) is 9.13. The zero-order valence-corrected chi connectivity index (χ0v) is 26.5. The third-order valence-corrected chi connectivity index (χ3v) is 8.36. The number of benzene rings is 2. The molecule has 1 N–H and O–H groups in total. The second-order valence-electron chi connectivity index (χ2n) is 11.2. The number of carbonyl (C=O) groups is 3. The van der Waals surface area contributed by atoms with Gasteiger partial charge in [-0.15, -0.1) is 0 Å². The Kier molecular flexibility index (Phi) is 9.25. The van der Waals surface area contributed by atoms with Gasteiger partial charge in [-0.05, 0) is 57.0 Å². The monoisotopic (exact) mass is 642 g/mol. The number of carbonyl (C=O) groups excluding carboxylic acids is 3. The SMILES string of the molecule is CCOC(=O)CCNC(=O)CC=Cc1oc2cc(Cl)c(Oc3ccncc3C(=O)N3CCN(C4CC4)c4ccccc43)cc2c1C. The van der Waals surface area contributed by atoms with Gasteiger partial charge in [-0.25, -0.2) is 0 Å². The number of hydrogen-bond acceptors (Lipinski definition) is 8. The van der Waals surface area contributed by atoms with E-state index in [2.05, 4.69) is 21.3 Å². The number of para-hydroxylation sites is 2. The van der Waals surface area contributed by atoms with Crippen LogP contribution in [0.5, 0.6) is 11.5 Å². The van der Waals surface area contributed by atoms with Crippen molar-refractivity contribution in [1.82, 2.24) is 10.3 Å². The van der Waals surface area contributed by atoms with Gasteiger partial charge in [0.05, 0.1) is 29.4 Å². The highest BCUT2D eigenvalue weighted by molar-refractivity contribution is 6.32. The van der Waals surface area contributed by atoms with E-state index < -0.39 is 0 Å². The van der Waals surface area contributed by atoms with Gasteiger partial charge < -0.3 is 29.0 Å². The van der Waals surface area contributed by atoms with Gasteiger partial charge in [0.1, 0.15) is 28.4 Å². The number of furan rings is 1. The number of pyridine rings is 1. The maximum Gasteiger partial charge on any atom is 0.307 e. The number of hydrogen-bond donors (Lipinski definition) is 1. The van der Waals surface area contributed by atoms with Gasteiger partial charge in [-0.1, -0.05) is 29.8 Å². The molecule has 0 saturated heterocycles. The molecule has 0 bridgehead atoms. The number of aromatic nitrogens is 1. The zero-order chi connectivity index (χ0) is 32.2. The van der Waals surface area contributed by atoms with Gasteiger partial charge in [0.15, 0.2) is 0 Å². The molecule has 238 valence electrons. The van der Waals surface area contributed by atoms with Crippen molar-refractivity contribution in [2.75, 3.05) is 36.0 Å². The van der Waals surface area contributed by atoms with Gasteiger partial charge >= 0.3 is 5.97 Å². The fraction of sp³-hybridized carbons (Fsp3) is 0.314. The lowest BCUT2D eigenvalue weighted by Crippen LogP contribution is -2.45. The largest absolute Gasteiger partial charge is 0.466 e. The van der Waals surface area contributed by atoms with Gasteiger partial charge in [-0.3, -0.25) is 19.4 Å². The minimum Gasteiger partial charge on any atom is -0.466 e. The first kappa shape index (κ1) is 31.2. The van der Waals surface area contributed by atoms with Crippen LogP contribution in [-0.2, 0) is 14.3 Å². The second-order valence-corrected chi connectivity index (χ2v) is 11.6. The van der Waals surface area contributed by atoms with Crippen LogP contribution in [0, 0.1) is 6.92 Å². The number of anilines is 2. The summed E-state index contributed by atoms with van der Waals surface area (Å²) in [4.78, 5) is 46.0. The van der Waals surface area contributed by atoms with Crippen molar-refractivity contribution < 1.29 is 28.3 Å². The molecule has 1 aliphatic carbocycles. The molecule has 11 heteroatoms. The van der Waals surface area contributed by atoms with Crippen molar-refractivity contribution in [1.29, 1.82) is 0 Å². The lowest BCUT2D eigenvalue weighted by molar-refractivity contribution is -0.143. The molecule has 2 aliphatic rings. The van der Waals surface area contributed by atoms with Crippen molar-refractivity contribution in [2.24, 2.45) is 0 Å². The van der Waals surface area contributed by atoms with Gasteiger partial charge in [-0.2, -0.15) is 0 Å². The van der Waals surface area contributed by atoms with Gasteiger partial charge in [0, 0.05) is 61.5 Å². The lowest BCUT2D eigenvalue weighted by atomic mass is 10.1. The smallest absolute Gasteiger partial charge is 0.307 e. The van der Waals surface area contributed by atoms with Crippen molar-refractivity contribution in [2.45, 2.75) is 45.6 Å². The Labute approximate surface area is 271 Å². The molecule has 10 nitrogen and oxygen atoms in total. The average Bonchev–Trinajstić information content (AvgIpc) is 3.86. The van der Waals surface area contributed by atoms with E-state index >= 15 is 0 Å². The molecule has 0 atom stereocenters. The maximum absolute atomic E-state index is 14.0. The van der Waals surface area contributed by atoms with Crippen molar-refractivity contribution in [3.63, 3.8) is 0 Å². The number of amides is 2. The Morgan fingerprint density at radius 2 is 1.91 bits per heavy atom. The van der Waals surface area contributed by atoms with Gasteiger partial charge in [0.25, 0.3) is 5.91 Å². The molecule has 1 aliphatic heterocycles. The number of fused-ring (bicyclic) bond motifs is 2. The first-order valence-corrected chi connectivity index (χ1v) is 15.8. The van der Waals surface area contributed by atoms with Crippen LogP contribution in [0.15, 0.2) is 65.4 Å². The van der Waals surface area contributed by atoms with Crippen LogP contribution in [0.1, 0.15) is 54.3 Å². The van der Waals surface area contributed by atoms with Crippen LogP contribution >= 0.6 is 11.6 Å². The van der Waals surface area contributed by atoms with E-state index in [0.29, 0.717) is 52.6 Å². The Hall–Kier alpha value is -4.83. The van der Waals surface area contributed by atoms with E-state index in [0.717, 1.165) is 28.9 Å². The topological polar surface area (TPSA) is 114 Å². The summed E-state index contributed by atoms with van der Waals surface area (Å²) in [6, 6.07) is 13.7. The molecular formula is C35H35ClN4O6. The van der Waals surface area contributed by atoms with E-state index in [-0.39, 0.29) is 37.2 Å². The molecule has 6 rings (SSSR count). The third-order valence-electron chi connectivity index (χ3n) is 8.07. The number of esters is 1. The summed E-state index contributed by atoms with van der Waals surface area (Å²) >= 11 is 6.64. The normalized spacial score (nSPS) is 14.4. The van der Waals surface area contributed by atoms with Crippen molar-refractivity contribution >= 4 is 57.8 Å². The van der Waals surface area contributed by atoms with Crippen LogP contribution in [-0.4, -0.2) is 55.1 Å². The molecule has 2 amide bonds. The predicted octanol–water partition coefficient (Wildman–Crippen LogP) is 6.68. The Bertz CT molecular complexity index is 1810. The molecule has 1 fully saturated rings. The number of nitrogens with one attached hydrogen (secondary N) is 1. The number of aryl methyl sites for hydroxylation is 1. The summed E-state index contributed by atoms with van der Waals surface area (Å²) in [5, 5.41) is 3.79. The third kappa shape index (κ3) is 6.72. The van der Waals surface area contributed by atoms with Crippen molar-refractivity contribution in [3.05, 3.63) is 82.8 Å². The maximum atomic E-state index is 14.0. The molecule has 0 unspecified atom stereocenters. The quantitative estimate of drug-likeness (QED) is 0.180. The van der Waals surface area contributed by atoms with Crippen LogP contribution in [0.25, 0.3) is 17.0 Å². The summed E-state index contributed by atoms with van der Waals surface area (Å²) < 4.78 is 17.2. The first-order valence-electron chi connectivity index (χ1n) is 15.4. The lowest BCUT2D eigenvalue weighted by Gasteiger charge is -2.38. The zero-order valence-electron chi connectivity index (χ0n) is 25.8. The average molecular weight is 643 g/mol. The van der Waals surface area contributed by atoms with E-state index in [1.807, 2.05) is 25.1 Å². The van der Waals surface area contributed by atoms with E-state index in [1.54, 1.807) is 48.4 Å². The molecule has 1 saturated carbocycles. The number of ether oxygens (including phenoxy) is 2. The molecule has 0 radical (unpaired) electrons. The van der Waals surface area contributed by atoms with Crippen LogP contribution in [0.4, 0.5) is 11.4 Å². The first-order chi connectivity index (χ1) is 22.3. The predicted molar refractivity (Wildman–Crippen MR) is 177 cm³/mol.